The number of likely N-dealkylation sites (tertiary alicyclic amines) is 1. The molecule has 0 aliphatic carbocycles. The number of amides is 1. The minimum atomic E-state index is -0.292. The molecule has 24 heavy (non-hydrogen) atoms. The minimum Gasteiger partial charge on any atom is -0.381 e. The van der Waals surface area contributed by atoms with E-state index in [2.05, 4.69) is 40.5 Å². The molecule has 0 saturated carbocycles. The molecule has 4 heteroatoms. The highest BCUT2D eigenvalue weighted by molar-refractivity contribution is 5.76. The van der Waals surface area contributed by atoms with Gasteiger partial charge in [-0.1, -0.05) is 42.5 Å². The van der Waals surface area contributed by atoms with Gasteiger partial charge in [-0.25, -0.2) is 0 Å². The summed E-state index contributed by atoms with van der Waals surface area (Å²) in [7, 11) is 0. The first-order valence-corrected chi connectivity index (χ1v) is 8.59. The molecule has 1 aliphatic heterocycles. The highest BCUT2D eigenvalue weighted by atomic mass is 16.1. The Bertz CT molecular complexity index is 654. The Kier molecular flexibility index (Phi) is 5.49. The highest BCUT2D eigenvalue weighted by Crippen LogP contribution is 2.18. The quantitative estimate of drug-likeness (QED) is 0.859. The molecule has 0 aromatic heterocycles. The van der Waals surface area contributed by atoms with E-state index in [4.69, 9.17) is 5.73 Å². The molecule has 1 fully saturated rings. The van der Waals surface area contributed by atoms with Gasteiger partial charge in [0.1, 0.15) is 0 Å². The van der Waals surface area contributed by atoms with Gasteiger partial charge in [0, 0.05) is 24.8 Å². The molecule has 0 bridgehead atoms. The van der Waals surface area contributed by atoms with Gasteiger partial charge in [0.05, 0.1) is 6.42 Å². The van der Waals surface area contributed by atoms with Crippen LogP contribution in [0.5, 0.6) is 0 Å². The van der Waals surface area contributed by atoms with E-state index >= 15 is 0 Å². The molecule has 1 aliphatic rings. The Balaban J connectivity index is 1.54. The third-order valence-corrected chi connectivity index (χ3v) is 4.46. The number of primary amides is 1. The average Bonchev–Trinajstić information content (AvgIpc) is 2.57. The summed E-state index contributed by atoms with van der Waals surface area (Å²) in [4.78, 5) is 13.5. The molecule has 1 saturated heterocycles. The molecular formula is C20H25N3O. The van der Waals surface area contributed by atoms with Crippen LogP contribution in [-0.2, 0) is 17.8 Å². The Morgan fingerprint density at radius 2 is 1.83 bits per heavy atom. The molecular weight excluding hydrogens is 298 g/mol. The fourth-order valence-electron chi connectivity index (χ4n) is 3.31. The summed E-state index contributed by atoms with van der Waals surface area (Å²) in [6.45, 7) is 3.22. The van der Waals surface area contributed by atoms with Crippen LogP contribution >= 0.6 is 0 Å². The molecule has 3 rings (SSSR count). The van der Waals surface area contributed by atoms with Gasteiger partial charge in [-0.2, -0.15) is 0 Å². The Morgan fingerprint density at radius 1 is 1.08 bits per heavy atom. The largest absolute Gasteiger partial charge is 0.381 e. The van der Waals surface area contributed by atoms with Crippen molar-refractivity contribution in [3.8, 4) is 0 Å². The molecule has 2 aromatic carbocycles. The van der Waals surface area contributed by atoms with E-state index in [1.165, 1.54) is 18.4 Å². The number of hydrogen-bond donors (Lipinski definition) is 2. The molecule has 1 heterocycles. The van der Waals surface area contributed by atoms with Crippen LogP contribution < -0.4 is 11.1 Å². The van der Waals surface area contributed by atoms with Gasteiger partial charge in [0.15, 0.2) is 0 Å². The Labute approximate surface area is 143 Å². The Morgan fingerprint density at radius 3 is 2.54 bits per heavy atom. The molecule has 1 unspecified atom stereocenters. The lowest BCUT2D eigenvalue weighted by Crippen LogP contribution is -2.41. The van der Waals surface area contributed by atoms with Crippen LogP contribution in [0.15, 0.2) is 54.6 Å². The van der Waals surface area contributed by atoms with Gasteiger partial charge < -0.3 is 11.1 Å². The monoisotopic (exact) mass is 323 g/mol. The van der Waals surface area contributed by atoms with Crippen LogP contribution in [0.4, 0.5) is 5.69 Å². The van der Waals surface area contributed by atoms with Gasteiger partial charge in [-0.3, -0.25) is 9.69 Å². The number of carbonyl (C=O) groups is 1. The summed E-state index contributed by atoms with van der Waals surface area (Å²) >= 11 is 0. The fourth-order valence-corrected chi connectivity index (χ4v) is 3.31. The number of nitrogens with one attached hydrogen (secondary N) is 1. The lowest BCUT2D eigenvalue weighted by atomic mass is 10.0. The molecule has 1 amide bonds. The molecule has 1 atom stereocenters. The summed E-state index contributed by atoms with van der Waals surface area (Å²) in [5, 5.41) is 3.62. The maximum atomic E-state index is 11.0. The van der Waals surface area contributed by atoms with E-state index in [-0.39, 0.29) is 5.91 Å². The topological polar surface area (TPSA) is 58.4 Å². The van der Waals surface area contributed by atoms with Crippen LogP contribution in [0.1, 0.15) is 24.0 Å². The van der Waals surface area contributed by atoms with Crippen LogP contribution in [0.3, 0.4) is 0 Å². The lowest BCUT2D eigenvalue weighted by molar-refractivity contribution is -0.117. The van der Waals surface area contributed by atoms with Crippen LogP contribution in [-0.4, -0.2) is 29.9 Å². The van der Waals surface area contributed by atoms with E-state index in [0.29, 0.717) is 12.5 Å². The van der Waals surface area contributed by atoms with Gasteiger partial charge in [0.25, 0.3) is 0 Å². The van der Waals surface area contributed by atoms with Crippen molar-refractivity contribution in [2.75, 3.05) is 18.4 Å². The lowest BCUT2D eigenvalue weighted by Gasteiger charge is -2.33. The van der Waals surface area contributed by atoms with Crippen molar-refractivity contribution in [3.05, 3.63) is 65.7 Å². The standard InChI is InChI=1S/C20H25N3O/c21-20(24)13-16-8-10-18(11-9-16)22-19-7-4-12-23(15-19)14-17-5-2-1-3-6-17/h1-3,5-6,8-11,19,22H,4,7,12-15H2,(H2,21,24). The zero-order valence-electron chi connectivity index (χ0n) is 13.9. The molecule has 0 spiro atoms. The number of rotatable bonds is 6. The second kappa shape index (κ2) is 7.97. The number of carbonyl (C=O) groups excluding carboxylic acids is 1. The van der Waals surface area contributed by atoms with Crippen molar-refractivity contribution >= 4 is 11.6 Å². The van der Waals surface area contributed by atoms with Crippen molar-refractivity contribution < 1.29 is 4.79 Å². The van der Waals surface area contributed by atoms with Gasteiger partial charge >= 0.3 is 0 Å². The van der Waals surface area contributed by atoms with Crippen molar-refractivity contribution in [2.45, 2.75) is 31.8 Å². The van der Waals surface area contributed by atoms with E-state index < -0.39 is 0 Å². The molecule has 3 N–H and O–H groups in total. The van der Waals surface area contributed by atoms with Crippen molar-refractivity contribution in [1.29, 1.82) is 0 Å². The third kappa shape index (κ3) is 4.83. The smallest absolute Gasteiger partial charge is 0.221 e. The predicted molar refractivity (Wildman–Crippen MR) is 97.7 cm³/mol. The first-order valence-electron chi connectivity index (χ1n) is 8.59. The maximum absolute atomic E-state index is 11.0. The summed E-state index contributed by atoms with van der Waals surface area (Å²) in [6.07, 6.45) is 2.70. The fraction of sp³-hybridized carbons (Fsp3) is 0.350. The van der Waals surface area contributed by atoms with E-state index in [1.807, 2.05) is 24.3 Å². The third-order valence-electron chi connectivity index (χ3n) is 4.46. The van der Waals surface area contributed by atoms with Crippen molar-refractivity contribution in [3.63, 3.8) is 0 Å². The first-order chi connectivity index (χ1) is 11.7. The first kappa shape index (κ1) is 16.5. The molecule has 0 radical (unpaired) electrons. The van der Waals surface area contributed by atoms with Crippen LogP contribution in [0.25, 0.3) is 0 Å². The summed E-state index contributed by atoms with van der Waals surface area (Å²) in [5.41, 5.74) is 8.67. The second-order valence-electron chi connectivity index (χ2n) is 6.54. The van der Waals surface area contributed by atoms with Gasteiger partial charge in [-0.15, -0.1) is 0 Å². The Hall–Kier alpha value is -2.33. The normalized spacial score (nSPS) is 18.2. The maximum Gasteiger partial charge on any atom is 0.221 e. The summed E-state index contributed by atoms with van der Waals surface area (Å²) in [6, 6.07) is 19.1. The summed E-state index contributed by atoms with van der Waals surface area (Å²) < 4.78 is 0. The SMILES string of the molecule is NC(=O)Cc1ccc(NC2CCCN(Cc3ccccc3)C2)cc1. The molecule has 4 nitrogen and oxygen atoms in total. The minimum absolute atomic E-state index is 0.292. The second-order valence-corrected chi connectivity index (χ2v) is 6.54. The number of piperidine rings is 1. The van der Waals surface area contributed by atoms with Gasteiger partial charge in [0.2, 0.25) is 5.91 Å². The number of anilines is 1. The predicted octanol–water partition coefficient (Wildman–Crippen LogP) is 2.79. The molecule has 2 aromatic rings. The zero-order chi connectivity index (χ0) is 16.8. The average molecular weight is 323 g/mol. The highest BCUT2D eigenvalue weighted by Gasteiger charge is 2.19. The molecule has 126 valence electrons. The van der Waals surface area contributed by atoms with Crippen LogP contribution in [0, 0.1) is 0 Å². The van der Waals surface area contributed by atoms with Gasteiger partial charge in [-0.05, 0) is 42.6 Å². The van der Waals surface area contributed by atoms with Crippen molar-refractivity contribution in [1.82, 2.24) is 4.90 Å². The van der Waals surface area contributed by atoms with E-state index in [9.17, 15) is 4.79 Å². The zero-order valence-corrected chi connectivity index (χ0v) is 13.9. The summed E-state index contributed by atoms with van der Waals surface area (Å²) in [5.74, 6) is -0.292. The number of benzene rings is 2. The number of hydrogen-bond acceptors (Lipinski definition) is 3. The van der Waals surface area contributed by atoms with Crippen LogP contribution in [0.2, 0.25) is 0 Å². The number of nitrogens with zero attached hydrogens (tertiary/aromatic N) is 1. The van der Waals surface area contributed by atoms with E-state index in [1.54, 1.807) is 0 Å². The van der Waals surface area contributed by atoms with E-state index in [0.717, 1.165) is 30.9 Å². The number of nitrogens with two attached hydrogens (primary N) is 1. The van der Waals surface area contributed by atoms with Crippen molar-refractivity contribution in [2.24, 2.45) is 5.73 Å².